The number of aliphatic carboxylic acids is 1. The lowest BCUT2D eigenvalue weighted by Crippen LogP contribution is -2.23. The number of aromatic nitrogens is 1. The molecule has 0 saturated carbocycles. The Kier molecular flexibility index (Phi) is 14.3. The lowest BCUT2D eigenvalue weighted by atomic mass is 10.2. The number of carboxylic acid groups (broad SMARTS) is 1. The summed E-state index contributed by atoms with van der Waals surface area (Å²) in [6.45, 7) is 15.3. The van der Waals surface area contributed by atoms with Crippen LogP contribution < -0.4 is 14.2 Å². The fraction of sp³-hybridized carbons (Fsp3) is 0.205. The van der Waals surface area contributed by atoms with Crippen LogP contribution in [0.25, 0.3) is 10.9 Å². The Bertz CT molecular complexity index is 1830. The van der Waals surface area contributed by atoms with Crippen LogP contribution in [-0.4, -0.2) is 27.9 Å². The molecular formula is C39H39ClN2O5. The van der Waals surface area contributed by atoms with Gasteiger partial charge in [0.05, 0.1) is 16.9 Å². The summed E-state index contributed by atoms with van der Waals surface area (Å²) >= 11 is 6.03. The first kappa shape index (κ1) is 36.2. The predicted octanol–water partition coefficient (Wildman–Crippen LogP) is 9.71. The normalized spacial score (nSPS) is 11.7. The average Bonchev–Trinajstić information content (AvgIpc) is 3.07. The van der Waals surface area contributed by atoms with Gasteiger partial charge < -0.3 is 19.3 Å². The molecule has 1 unspecified atom stereocenters. The van der Waals surface area contributed by atoms with E-state index in [9.17, 15) is 4.79 Å². The zero-order chi connectivity index (χ0) is 34.2. The second-order valence-electron chi connectivity index (χ2n) is 10.3. The molecule has 0 aliphatic heterocycles. The van der Waals surface area contributed by atoms with Gasteiger partial charge in [-0.05, 0) is 87.9 Å². The number of pyridine rings is 1. The number of allylic oxidation sites excluding steroid dienone is 4. The number of hydrogen-bond donors (Lipinski definition) is 1. The Labute approximate surface area is 281 Å². The van der Waals surface area contributed by atoms with Crippen LogP contribution in [-0.2, 0) is 18.0 Å². The Morgan fingerprint density at radius 1 is 1.04 bits per heavy atom. The first-order chi connectivity index (χ1) is 22.6. The fourth-order valence-electron chi connectivity index (χ4n) is 4.01. The van der Waals surface area contributed by atoms with Crippen LogP contribution >= 0.6 is 11.6 Å². The van der Waals surface area contributed by atoms with E-state index in [4.69, 9.17) is 30.9 Å². The molecule has 8 heteroatoms. The van der Waals surface area contributed by atoms with E-state index >= 15 is 0 Å². The van der Waals surface area contributed by atoms with Gasteiger partial charge >= 0.3 is 5.97 Å². The number of hydrogen-bond acceptors (Lipinski definition) is 6. The van der Waals surface area contributed by atoms with E-state index < -0.39 is 12.1 Å². The van der Waals surface area contributed by atoms with Crippen molar-refractivity contribution in [3.05, 3.63) is 143 Å². The molecule has 47 heavy (non-hydrogen) atoms. The topological polar surface area (TPSA) is 90.2 Å². The van der Waals surface area contributed by atoms with Crippen LogP contribution in [0.1, 0.15) is 45.4 Å². The minimum atomic E-state index is -1.06. The molecule has 1 N–H and O–H groups in total. The summed E-state index contributed by atoms with van der Waals surface area (Å²) < 4.78 is 17.2. The number of aliphatic imine (C=N–C) groups is 1. The van der Waals surface area contributed by atoms with E-state index in [1.54, 1.807) is 36.4 Å². The standard InChI is InChI=1S/C26H22ClNO5.C13H17N/c1-17(26(29)30)33-25-14-20(27)8-6-19(25)15-31-22-10-12-23(13-11-22)32-16-21-9-7-18-4-2-3-5-24(18)28-21;1-6-9-10-13(11(4)5)14-12(7-2)8-3/h2-14,17H,15-16H2,1H3,(H,29,30);7,10H,1,4,8H2,2-3,5H3/b;12-7-,14-13?. The van der Waals surface area contributed by atoms with Crippen molar-refractivity contribution in [3.8, 4) is 17.2 Å². The molecule has 4 rings (SSSR count). The Morgan fingerprint density at radius 2 is 1.72 bits per heavy atom. The monoisotopic (exact) mass is 650 g/mol. The third-order valence-electron chi connectivity index (χ3n) is 6.65. The third-order valence-corrected chi connectivity index (χ3v) is 6.88. The summed E-state index contributed by atoms with van der Waals surface area (Å²) in [6, 6.07) is 24.2. The Hall–Kier alpha value is -5.32. The molecule has 0 saturated heterocycles. The van der Waals surface area contributed by atoms with Gasteiger partial charge in [0.2, 0.25) is 0 Å². The second kappa shape index (κ2) is 18.6. The van der Waals surface area contributed by atoms with Crippen molar-refractivity contribution in [3.63, 3.8) is 0 Å². The van der Waals surface area contributed by atoms with Crippen LogP contribution in [0.4, 0.5) is 0 Å². The van der Waals surface area contributed by atoms with Crippen LogP contribution in [0.15, 0.2) is 132 Å². The number of benzene rings is 3. The zero-order valence-electron chi connectivity index (χ0n) is 27.1. The summed E-state index contributed by atoms with van der Waals surface area (Å²) in [5, 5.41) is 10.6. The van der Waals surface area contributed by atoms with E-state index in [0.717, 1.165) is 40.0 Å². The highest BCUT2D eigenvalue weighted by atomic mass is 35.5. The van der Waals surface area contributed by atoms with E-state index in [0.29, 0.717) is 34.4 Å². The van der Waals surface area contributed by atoms with Gasteiger partial charge in [-0.1, -0.05) is 73.0 Å². The SMILES string of the molecule is C=C=C=CC(=N/C(=C\C)CC)C(=C)C.CC(Oc1cc(Cl)ccc1COc1ccc(OCc2ccc3ccccc3n2)cc1)C(=O)O. The van der Waals surface area contributed by atoms with Gasteiger partial charge in [-0.2, -0.15) is 0 Å². The van der Waals surface area contributed by atoms with Crippen LogP contribution in [0.3, 0.4) is 0 Å². The number of halogens is 1. The molecule has 1 atom stereocenters. The first-order valence-electron chi connectivity index (χ1n) is 15.0. The van der Waals surface area contributed by atoms with E-state index in [1.165, 1.54) is 6.92 Å². The fourth-order valence-corrected chi connectivity index (χ4v) is 4.17. The van der Waals surface area contributed by atoms with Gasteiger partial charge in [-0.3, -0.25) is 4.99 Å². The van der Waals surface area contributed by atoms with Crippen molar-refractivity contribution in [1.82, 2.24) is 4.98 Å². The lowest BCUT2D eigenvalue weighted by Gasteiger charge is -2.15. The number of carbonyl (C=O) groups is 1. The lowest BCUT2D eigenvalue weighted by molar-refractivity contribution is -0.144. The van der Waals surface area contributed by atoms with E-state index in [-0.39, 0.29) is 6.61 Å². The van der Waals surface area contributed by atoms with Gasteiger partial charge in [0, 0.05) is 27.7 Å². The maximum absolute atomic E-state index is 11.1. The van der Waals surface area contributed by atoms with Crippen LogP contribution in [0, 0.1) is 0 Å². The summed E-state index contributed by atoms with van der Waals surface area (Å²) in [6.07, 6.45) is 3.65. The Balaban J connectivity index is 0.000000363. The maximum atomic E-state index is 11.1. The maximum Gasteiger partial charge on any atom is 0.344 e. The van der Waals surface area contributed by atoms with Gasteiger partial charge in [0.15, 0.2) is 6.10 Å². The quantitative estimate of drug-likeness (QED) is 0.114. The largest absolute Gasteiger partial charge is 0.489 e. The summed E-state index contributed by atoms with van der Waals surface area (Å²) in [5.41, 5.74) is 10.6. The van der Waals surface area contributed by atoms with Crippen LogP contribution in [0.5, 0.6) is 17.2 Å². The van der Waals surface area contributed by atoms with Gasteiger partial charge in [0.1, 0.15) is 30.5 Å². The average molecular weight is 651 g/mol. The molecule has 0 spiro atoms. The molecule has 7 nitrogen and oxygen atoms in total. The van der Waals surface area contributed by atoms with Crippen molar-refractivity contribution < 1.29 is 24.1 Å². The molecule has 0 fully saturated rings. The number of carboxylic acids is 1. The number of ether oxygens (including phenoxy) is 3. The molecule has 0 radical (unpaired) electrons. The van der Waals surface area contributed by atoms with E-state index in [2.05, 4.69) is 41.5 Å². The van der Waals surface area contributed by atoms with Gasteiger partial charge in [-0.15, -0.1) is 0 Å². The number of para-hydroxylation sites is 1. The summed E-state index contributed by atoms with van der Waals surface area (Å²) in [7, 11) is 0. The van der Waals surface area contributed by atoms with Crippen molar-refractivity contribution in [2.75, 3.05) is 0 Å². The predicted molar refractivity (Wildman–Crippen MR) is 190 cm³/mol. The smallest absolute Gasteiger partial charge is 0.344 e. The van der Waals surface area contributed by atoms with Crippen molar-refractivity contribution in [2.45, 2.75) is 53.4 Å². The molecule has 0 aliphatic carbocycles. The van der Waals surface area contributed by atoms with Crippen molar-refractivity contribution >= 4 is 34.2 Å². The first-order valence-corrected chi connectivity index (χ1v) is 15.4. The number of nitrogens with zero attached hydrogens (tertiary/aromatic N) is 2. The molecule has 0 bridgehead atoms. The minimum Gasteiger partial charge on any atom is -0.489 e. The van der Waals surface area contributed by atoms with E-state index in [1.807, 2.05) is 68.5 Å². The highest BCUT2D eigenvalue weighted by Gasteiger charge is 2.16. The molecular weight excluding hydrogens is 612 g/mol. The molecule has 3 aromatic carbocycles. The number of fused-ring (bicyclic) bond motifs is 1. The minimum absolute atomic E-state index is 0.194. The van der Waals surface area contributed by atoms with Gasteiger partial charge in [0.25, 0.3) is 0 Å². The molecule has 4 aromatic rings. The highest BCUT2D eigenvalue weighted by Crippen LogP contribution is 2.27. The van der Waals surface area contributed by atoms with Crippen molar-refractivity contribution in [1.29, 1.82) is 0 Å². The Morgan fingerprint density at radius 3 is 2.34 bits per heavy atom. The zero-order valence-corrected chi connectivity index (χ0v) is 27.9. The van der Waals surface area contributed by atoms with Crippen molar-refractivity contribution in [2.24, 2.45) is 4.99 Å². The molecule has 1 aromatic heterocycles. The van der Waals surface area contributed by atoms with Crippen LogP contribution in [0.2, 0.25) is 5.02 Å². The number of rotatable bonds is 13. The molecule has 0 aliphatic rings. The van der Waals surface area contributed by atoms with Gasteiger partial charge in [-0.25, -0.2) is 9.78 Å². The third kappa shape index (κ3) is 11.8. The second-order valence-corrected chi connectivity index (χ2v) is 10.7. The molecule has 0 amide bonds. The molecule has 1 heterocycles. The summed E-state index contributed by atoms with van der Waals surface area (Å²) in [4.78, 5) is 20.2. The summed E-state index contributed by atoms with van der Waals surface area (Å²) in [5.74, 6) is 0.651. The molecule has 242 valence electrons. The highest BCUT2D eigenvalue weighted by molar-refractivity contribution is 6.30.